The number of aliphatic hydroxyl groups excluding tert-OH is 1. The van der Waals surface area contributed by atoms with E-state index in [1.165, 1.54) is 0 Å². The van der Waals surface area contributed by atoms with Gasteiger partial charge in [0.1, 0.15) is 5.75 Å². The molecule has 0 saturated carbocycles. The van der Waals surface area contributed by atoms with Crippen LogP contribution in [0, 0.1) is 0 Å². The highest BCUT2D eigenvalue weighted by Gasteiger charge is 2.10. The van der Waals surface area contributed by atoms with Crippen molar-refractivity contribution in [3.63, 3.8) is 0 Å². The van der Waals surface area contributed by atoms with Gasteiger partial charge in [0, 0.05) is 12.6 Å². The lowest BCUT2D eigenvalue weighted by Crippen LogP contribution is -2.27. The third-order valence-corrected chi connectivity index (χ3v) is 2.66. The quantitative estimate of drug-likeness (QED) is 0.824. The van der Waals surface area contributed by atoms with Gasteiger partial charge in [-0.1, -0.05) is 31.5 Å². The Bertz CT molecular complexity index is 355. The van der Waals surface area contributed by atoms with Gasteiger partial charge in [-0.3, -0.25) is 0 Å². The molecule has 1 rings (SSSR count). The van der Waals surface area contributed by atoms with Crippen LogP contribution in [-0.2, 0) is 0 Å². The van der Waals surface area contributed by atoms with Crippen LogP contribution in [-0.4, -0.2) is 24.3 Å². The molecule has 1 aromatic carbocycles. The van der Waals surface area contributed by atoms with Crippen molar-refractivity contribution in [1.29, 1.82) is 0 Å². The van der Waals surface area contributed by atoms with E-state index < -0.39 is 6.10 Å². The molecule has 1 aromatic rings. The Morgan fingerprint density at radius 2 is 2.12 bits per heavy atom. The Morgan fingerprint density at radius 1 is 1.41 bits per heavy atom. The lowest BCUT2D eigenvalue weighted by molar-refractivity contribution is 0.171. The SMILES string of the molecule is CCOc1ccc(C(O)CNC(C)C)cc1Cl. The van der Waals surface area contributed by atoms with Crippen molar-refractivity contribution in [2.45, 2.75) is 32.9 Å². The first-order valence-corrected chi connectivity index (χ1v) is 6.26. The van der Waals surface area contributed by atoms with Gasteiger partial charge in [0.15, 0.2) is 0 Å². The van der Waals surface area contributed by atoms with Crippen LogP contribution in [0.15, 0.2) is 18.2 Å². The number of benzene rings is 1. The van der Waals surface area contributed by atoms with E-state index >= 15 is 0 Å². The minimum absolute atomic E-state index is 0.350. The fraction of sp³-hybridized carbons (Fsp3) is 0.538. The van der Waals surface area contributed by atoms with Crippen molar-refractivity contribution in [3.8, 4) is 5.75 Å². The van der Waals surface area contributed by atoms with Crippen molar-refractivity contribution in [3.05, 3.63) is 28.8 Å². The first kappa shape index (κ1) is 14.3. The highest BCUT2D eigenvalue weighted by atomic mass is 35.5. The zero-order valence-electron chi connectivity index (χ0n) is 10.5. The molecular formula is C13H20ClNO2. The molecule has 3 nitrogen and oxygen atoms in total. The number of hydrogen-bond acceptors (Lipinski definition) is 3. The second-order valence-electron chi connectivity index (χ2n) is 4.20. The minimum atomic E-state index is -0.550. The number of ether oxygens (including phenoxy) is 1. The highest BCUT2D eigenvalue weighted by molar-refractivity contribution is 6.32. The maximum atomic E-state index is 9.95. The average Bonchev–Trinajstić information content (AvgIpc) is 2.28. The van der Waals surface area contributed by atoms with Gasteiger partial charge in [-0.25, -0.2) is 0 Å². The summed E-state index contributed by atoms with van der Waals surface area (Å²) in [7, 11) is 0. The zero-order chi connectivity index (χ0) is 12.8. The topological polar surface area (TPSA) is 41.5 Å². The van der Waals surface area contributed by atoms with E-state index in [0.29, 0.717) is 30.0 Å². The van der Waals surface area contributed by atoms with E-state index in [1.54, 1.807) is 12.1 Å². The summed E-state index contributed by atoms with van der Waals surface area (Å²) in [5, 5.41) is 13.7. The normalized spacial score (nSPS) is 12.8. The first-order valence-electron chi connectivity index (χ1n) is 5.88. The molecule has 17 heavy (non-hydrogen) atoms. The van der Waals surface area contributed by atoms with Crippen LogP contribution in [0.4, 0.5) is 0 Å². The predicted octanol–water partition coefficient (Wildman–Crippen LogP) is 2.77. The standard InChI is InChI=1S/C13H20ClNO2/c1-4-17-13-6-5-10(7-11(13)14)12(16)8-15-9(2)3/h5-7,9,12,15-16H,4,8H2,1-3H3. The fourth-order valence-electron chi connectivity index (χ4n) is 1.46. The molecule has 0 aliphatic rings. The van der Waals surface area contributed by atoms with E-state index in [1.807, 2.05) is 26.8 Å². The maximum Gasteiger partial charge on any atom is 0.137 e. The second-order valence-corrected chi connectivity index (χ2v) is 4.61. The third kappa shape index (κ3) is 4.54. The van der Waals surface area contributed by atoms with E-state index in [0.717, 1.165) is 5.56 Å². The van der Waals surface area contributed by atoms with Crippen molar-refractivity contribution in [1.82, 2.24) is 5.32 Å². The summed E-state index contributed by atoms with van der Waals surface area (Å²) >= 11 is 6.06. The van der Waals surface area contributed by atoms with Crippen LogP contribution in [0.5, 0.6) is 5.75 Å². The molecule has 0 amide bonds. The van der Waals surface area contributed by atoms with E-state index in [9.17, 15) is 5.11 Å². The molecule has 0 aliphatic heterocycles. The molecular weight excluding hydrogens is 238 g/mol. The number of halogens is 1. The lowest BCUT2D eigenvalue weighted by atomic mass is 10.1. The summed E-state index contributed by atoms with van der Waals surface area (Å²) in [5.74, 6) is 0.655. The molecule has 96 valence electrons. The number of hydrogen-bond donors (Lipinski definition) is 2. The molecule has 2 N–H and O–H groups in total. The molecule has 1 unspecified atom stereocenters. The van der Waals surface area contributed by atoms with E-state index in [2.05, 4.69) is 5.32 Å². The molecule has 0 fully saturated rings. The van der Waals surface area contributed by atoms with Crippen LogP contribution < -0.4 is 10.1 Å². The number of aliphatic hydroxyl groups is 1. The second kappa shape index (κ2) is 6.84. The van der Waals surface area contributed by atoms with E-state index in [4.69, 9.17) is 16.3 Å². The Morgan fingerprint density at radius 3 is 2.65 bits per heavy atom. The van der Waals surface area contributed by atoms with Crippen molar-refractivity contribution < 1.29 is 9.84 Å². The van der Waals surface area contributed by atoms with Gasteiger partial charge in [0.2, 0.25) is 0 Å². The van der Waals surface area contributed by atoms with Crippen molar-refractivity contribution in [2.24, 2.45) is 0 Å². The summed E-state index contributed by atoms with van der Waals surface area (Å²) in [4.78, 5) is 0. The largest absolute Gasteiger partial charge is 0.492 e. The lowest BCUT2D eigenvalue weighted by Gasteiger charge is -2.15. The van der Waals surface area contributed by atoms with Gasteiger partial charge in [-0.2, -0.15) is 0 Å². The van der Waals surface area contributed by atoms with Crippen LogP contribution >= 0.6 is 11.6 Å². The van der Waals surface area contributed by atoms with Crippen LogP contribution in [0.25, 0.3) is 0 Å². The Kier molecular flexibility index (Phi) is 5.75. The molecule has 0 saturated heterocycles. The minimum Gasteiger partial charge on any atom is -0.492 e. The summed E-state index contributed by atoms with van der Waals surface area (Å²) < 4.78 is 5.34. The Labute approximate surface area is 108 Å². The maximum absolute atomic E-state index is 9.95. The summed E-state index contributed by atoms with van der Waals surface area (Å²) in [5.41, 5.74) is 0.798. The molecule has 0 heterocycles. The summed E-state index contributed by atoms with van der Waals surface area (Å²) in [6.45, 7) is 7.08. The van der Waals surface area contributed by atoms with Gasteiger partial charge in [0.25, 0.3) is 0 Å². The molecule has 0 aliphatic carbocycles. The zero-order valence-corrected chi connectivity index (χ0v) is 11.3. The predicted molar refractivity (Wildman–Crippen MR) is 70.7 cm³/mol. The summed E-state index contributed by atoms with van der Waals surface area (Å²) in [6, 6.07) is 5.73. The third-order valence-electron chi connectivity index (χ3n) is 2.36. The fourth-order valence-corrected chi connectivity index (χ4v) is 1.71. The van der Waals surface area contributed by atoms with Crippen LogP contribution in [0.2, 0.25) is 5.02 Å². The molecule has 0 bridgehead atoms. The summed E-state index contributed by atoms with van der Waals surface area (Å²) in [6.07, 6.45) is -0.550. The molecule has 0 spiro atoms. The van der Waals surface area contributed by atoms with Gasteiger partial charge in [-0.15, -0.1) is 0 Å². The smallest absolute Gasteiger partial charge is 0.137 e. The first-order chi connectivity index (χ1) is 8.04. The van der Waals surface area contributed by atoms with Crippen molar-refractivity contribution in [2.75, 3.05) is 13.2 Å². The average molecular weight is 258 g/mol. The van der Waals surface area contributed by atoms with Gasteiger partial charge in [0.05, 0.1) is 17.7 Å². The van der Waals surface area contributed by atoms with E-state index in [-0.39, 0.29) is 0 Å². The molecule has 0 aromatic heterocycles. The number of rotatable bonds is 6. The molecule has 1 atom stereocenters. The van der Waals surface area contributed by atoms with Gasteiger partial charge < -0.3 is 15.2 Å². The number of nitrogens with one attached hydrogen (secondary N) is 1. The van der Waals surface area contributed by atoms with Crippen LogP contribution in [0.1, 0.15) is 32.4 Å². The van der Waals surface area contributed by atoms with Gasteiger partial charge >= 0.3 is 0 Å². The molecule has 4 heteroatoms. The molecule has 0 radical (unpaired) electrons. The Balaban J connectivity index is 2.68. The Hall–Kier alpha value is -0.770. The monoisotopic (exact) mass is 257 g/mol. The highest BCUT2D eigenvalue weighted by Crippen LogP contribution is 2.27. The van der Waals surface area contributed by atoms with Crippen LogP contribution in [0.3, 0.4) is 0 Å². The van der Waals surface area contributed by atoms with Gasteiger partial charge in [-0.05, 0) is 24.6 Å². The van der Waals surface area contributed by atoms with Crippen molar-refractivity contribution >= 4 is 11.6 Å².